The van der Waals surface area contributed by atoms with E-state index in [1.807, 2.05) is 18.2 Å². The Kier molecular flexibility index (Phi) is 7.42. The van der Waals surface area contributed by atoms with Crippen molar-refractivity contribution in [1.82, 2.24) is 5.32 Å². The average Bonchev–Trinajstić information content (AvgIpc) is 2.48. The van der Waals surface area contributed by atoms with E-state index in [1.165, 1.54) is 7.11 Å². The molecule has 0 aromatic heterocycles. The van der Waals surface area contributed by atoms with E-state index in [1.54, 1.807) is 19.1 Å². The van der Waals surface area contributed by atoms with E-state index in [4.69, 9.17) is 9.47 Å². The molecule has 0 bridgehead atoms. The van der Waals surface area contributed by atoms with Gasteiger partial charge in [0.1, 0.15) is 6.04 Å². The quantitative estimate of drug-likeness (QED) is 0.690. The molecule has 1 aromatic rings. The number of rotatable bonds is 8. The van der Waals surface area contributed by atoms with Crippen LogP contribution in [0.3, 0.4) is 0 Å². The van der Waals surface area contributed by atoms with Crippen LogP contribution in [0.1, 0.15) is 24.9 Å². The Labute approximate surface area is 124 Å². The molecule has 21 heavy (non-hydrogen) atoms. The molecule has 2 unspecified atom stereocenters. The van der Waals surface area contributed by atoms with Gasteiger partial charge in [0.2, 0.25) is 0 Å². The van der Waals surface area contributed by atoms with Crippen molar-refractivity contribution in [2.45, 2.75) is 25.5 Å². The Morgan fingerprint density at radius 2 is 1.95 bits per heavy atom. The number of aliphatic hydroxyl groups is 1. The van der Waals surface area contributed by atoms with Crippen LogP contribution in [0.2, 0.25) is 0 Å². The van der Waals surface area contributed by atoms with Crippen molar-refractivity contribution < 1.29 is 24.2 Å². The van der Waals surface area contributed by atoms with Crippen LogP contribution in [-0.2, 0) is 19.1 Å². The van der Waals surface area contributed by atoms with Crippen molar-refractivity contribution in [2.75, 3.05) is 20.3 Å². The summed E-state index contributed by atoms with van der Waals surface area (Å²) in [6.45, 7) is 2.05. The zero-order chi connectivity index (χ0) is 15.7. The fraction of sp³-hybridized carbons (Fsp3) is 0.467. The van der Waals surface area contributed by atoms with Gasteiger partial charge in [-0.25, -0.2) is 4.79 Å². The van der Waals surface area contributed by atoms with Crippen LogP contribution in [-0.4, -0.2) is 43.4 Å². The standard InChI is InChI=1S/C15H21NO5/c1-3-21-13(18)9-12(17)10-16-14(15(19)20-2)11-7-5-4-6-8-11/h4-8,12,14,16-17H,3,9-10H2,1-2H3. The molecule has 1 rings (SSSR count). The highest BCUT2D eigenvalue weighted by Crippen LogP contribution is 2.14. The van der Waals surface area contributed by atoms with Gasteiger partial charge in [0.25, 0.3) is 0 Å². The van der Waals surface area contributed by atoms with E-state index in [0.29, 0.717) is 0 Å². The first-order valence-corrected chi connectivity index (χ1v) is 6.78. The van der Waals surface area contributed by atoms with Crippen molar-refractivity contribution >= 4 is 11.9 Å². The van der Waals surface area contributed by atoms with Crippen molar-refractivity contribution in [1.29, 1.82) is 0 Å². The van der Waals surface area contributed by atoms with Gasteiger partial charge in [-0.2, -0.15) is 0 Å². The van der Waals surface area contributed by atoms with E-state index in [9.17, 15) is 14.7 Å². The minimum Gasteiger partial charge on any atom is -0.468 e. The summed E-state index contributed by atoms with van der Waals surface area (Å²) in [5.41, 5.74) is 0.729. The largest absolute Gasteiger partial charge is 0.468 e. The van der Waals surface area contributed by atoms with Crippen molar-refractivity contribution in [2.24, 2.45) is 0 Å². The van der Waals surface area contributed by atoms with E-state index < -0.39 is 24.1 Å². The number of hydrogen-bond acceptors (Lipinski definition) is 6. The maximum Gasteiger partial charge on any atom is 0.327 e. The monoisotopic (exact) mass is 295 g/mol. The maximum atomic E-state index is 11.8. The predicted molar refractivity (Wildman–Crippen MR) is 76.5 cm³/mol. The zero-order valence-corrected chi connectivity index (χ0v) is 12.2. The molecule has 0 aliphatic rings. The molecule has 6 nitrogen and oxygen atoms in total. The topological polar surface area (TPSA) is 84.9 Å². The molecule has 1 aromatic carbocycles. The summed E-state index contributed by atoms with van der Waals surface area (Å²) >= 11 is 0. The second-order valence-electron chi connectivity index (χ2n) is 4.44. The zero-order valence-electron chi connectivity index (χ0n) is 12.2. The Bertz CT molecular complexity index is 449. The van der Waals surface area contributed by atoms with Crippen molar-refractivity contribution in [3.63, 3.8) is 0 Å². The van der Waals surface area contributed by atoms with E-state index in [2.05, 4.69) is 5.32 Å². The summed E-state index contributed by atoms with van der Waals surface area (Å²) in [7, 11) is 1.30. The first-order valence-electron chi connectivity index (χ1n) is 6.78. The lowest BCUT2D eigenvalue weighted by Crippen LogP contribution is -2.36. The molecule has 116 valence electrons. The molecule has 6 heteroatoms. The van der Waals surface area contributed by atoms with Gasteiger partial charge in [0.05, 0.1) is 26.2 Å². The normalized spacial score (nSPS) is 13.3. The number of benzene rings is 1. The Morgan fingerprint density at radius 1 is 1.29 bits per heavy atom. The highest BCUT2D eigenvalue weighted by molar-refractivity contribution is 5.77. The van der Waals surface area contributed by atoms with Crippen LogP contribution < -0.4 is 5.32 Å². The lowest BCUT2D eigenvalue weighted by atomic mass is 10.1. The third-order valence-corrected chi connectivity index (χ3v) is 2.84. The Morgan fingerprint density at radius 3 is 2.52 bits per heavy atom. The number of ether oxygens (including phenoxy) is 2. The molecular formula is C15H21NO5. The number of methoxy groups -OCH3 is 1. The second kappa shape index (κ2) is 9.10. The first kappa shape index (κ1) is 17.1. The van der Waals surface area contributed by atoms with Crippen LogP contribution in [0.25, 0.3) is 0 Å². The predicted octanol–water partition coefficient (Wildman–Crippen LogP) is 0.804. The van der Waals surface area contributed by atoms with Gasteiger partial charge in [0.15, 0.2) is 0 Å². The lowest BCUT2D eigenvalue weighted by molar-refractivity contribution is -0.145. The number of nitrogens with one attached hydrogen (secondary N) is 1. The summed E-state index contributed by atoms with van der Waals surface area (Å²) in [6.07, 6.45) is -1.05. The third-order valence-electron chi connectivity index (χ3n) is 2.84. The molecular weight excluding hydrogens is 274 g/mol. The van der Waals surface area contributed by atoms with Gasteiger partial charge in [-0.05, 0) is 12.5 Å². The summed E-state index contributed by atoms with van der Waals surface area (Å²) in [4.78, 5) is 23.0. The number of hydrogen-bond donors (Lipinski definition) is 2. The third kappa shape index (κ3) is 5.93. The molecule has 0 radical (unpaired) electrons. The molecule has 2 atom stereocenters. The van der Waals surface area contributed by atoms with Crippen molar-refractivity contribution in [3.05, 3.63) is 35.9 Å². The molecule has 0 heterocycles. The van der Waals surface area contributed by atoms with E-state index in [0.717, 1.165) is 5.56 Å². The fourth-order valence-corrected chi connectivity index (χ4v) is 1.84. The maximum absolute atomic E-state index is 11.8. The molecule has 2 N–H and O–H groups in total. The number of carbonyl (C=O) groups excluding carboxylic acids is 2. The van der Waals surface area contributed by atoms with Crippen molar-refractivity contribution in [3.8, 4) is 0 Å². The molecule has 0 aliphatic heterocycles. The summed E-state index contributed by atoms with van der Waals surface area (Å²) in [5, 5.41) is 12.7. The van der Waals surface area contributed by atoms with E-state index in [-0.39, 0.29) is 19.6 Å². The SMILES string of the molecule is CCOC(=O)CC(O)CNC(C(=O)OC)c1ccccc1. The lowest BCUT2D eigenvalue weighted by Gasteiger charge is -2.19. The first-order chi connectivity index (χ1) is 10.1. The van der Waals surface area contributed by atoms with Crippen LogP contribution in [0, 0.1) is 0 Å². The van der Waals surface area contributed by atoms with Gasteiger partial charge >= 0.3 is 11.9 Å². The van der Waals surface area contributed by atoms with Gasteiger partial charge in [-0.3, -0.25) is 10.1 Å². The summed E-state index contributed by atoms with van der Waals surface area (Å²) in [6, 6.07) is 8.34. The summed E-state index contributed by atoms with van der Waals surface area (Å²) in [5.74, 6) is -0.925. The van der Waals surface area contributed by atoms with Crippen LogP contribution >= 0.6 is 0 Å². The molecule has 0 amide bonds. The van der Waals surface area contributed by atoms with Gasteiger partial charge in [-0.1, -0.05) is 30.3 Å². The molecule has 0 saturated heterocycles. The molecule has 0 spiro atoms. The van der Waals surface area contributed by atoms with Gasteiger partial charge < -0.3 is 14.6 Å². The second-order valence-corrected chi connectivity index (χ2v) is 4.44. The smallest absolute Gasteiger partial charge is 0.327 e. The Balaban J connectivity index is 2.58. The fourth-order valence-electron chi connectivity index (χ4n) is 1.84. The minimum absolute atomic E-state index is 0.0769. The number of aliphatic hydroxyl groups excluding tert-OH is 1. The van der Waals surface area contributed by atoms with Gasteiger partial charge in [0, 0.05) is 6.54 Å². The molecule has 0 saturated carbocycles. The van der Waals surface area contributed by atoms with Crippen LogP contribution in [0.5, 0.6) is 0 Å². The number of carbonyl (C=O) groups is 2. The Hall–Kier alpha value is -1.92. The van der Waals surface area contributed by atoms with E-state index >= 15 is 0 Å². The molecule has 0 aliphatic carbocycles. The van der Waals surface area contributed by atoms with Gasteiger partial charge in [-0.15, -0.1) is 0 Å². The van der Waals surface area contributed by atoms with Crippen LogP contribution in [0.4, 0.5) is 0 Å². The number of esters is 2. The highest BCUT2D eigenvalue weighted by Gasteiger charge is 2.22. The minimum atomic E-state index is -0.931. The summed E-state index contributed by atoms with van der Waals surface area (Å²) < 4.78 is 9.50. The van der Waals surface area contributed by atoms with Crippen LogP contribution in [0.15, 0.2) is 30.3 Å². The average molecular weight is 295 g/mol. The highest BCUT2D eigenvalue weighted by atomic mass is 16.5. The molecule has 0 fully saturated rings.